The van der Waals surface area contributed by atoms with Crippen LogP contribution in [-0.2, 0) is 16.6 Å². The summed E-state index contributed by atoms with van der Waals surface area (Å²) in [7, 11) is 0.727. The lowest BCUT2D eigenvalue weighted by Crippen LogP contribution is -2.42. The number of guanidine groups is 1. The summed E-state index contributed by atoms with van der Waals surface area (Å²) in [4.78, 5) is 7.81. The zero-order valence-electron chi connectivity index (χ0n) is 17.1. The molecule has 0 bridgehead atoms. The summed E-state index contributed by atoms with van der Waals surface area (Å²) in [5.41, 5.74) is 1.05. The number of rotatable bonds is 9. The highest BCUT2D eigenvalue weighted by Crippen LogP contribution is 2.21. The lowest BCUT2D eigenvalue weighted by atomic mass is 10.1. The summed E-state index contributed by atoms with van der Waals surface area (Å²) in [5, 5.41) is 3.24. The van der Waals surface area contributed by atoms with E-state index in [9.17, 15) is 17.4 Å². The molecule has 1 heterocycles. The Bertz CT molecular complexity index is 669. The molecule has 0 aliphatic carbocycles. The largest absolute Gasteiger partial charge is 0.401 e. The fraction of sp³-hybridized carbons (Fsp3) is 0.650. The first-order chi connectivity index (χ1) is 13.8. The summed E-state index contributed by atoms with van der Waals surface area (Å²) in [6, 6.07) is 9.74. The van der Waals surface area contributed by atoms with Crippen molar-refractivity contribution in [3.05, 3.63) is 35.9 Å². The number of alkyl halides is 3. The predicted octanol–water partition coefficient (Wildman–Crippen LogP) is 2.72. The third-order valence-electron chi connectivity index (χ3n) is 4.95. The molecule has 0 saturated carbocycles. The fourth-order valence-electron chi connectivity index (χ4n) is 3.54. The number of hydrogen-bond acceptors (Lipinski definition) is 3. The molecule has 1 N–H and O–H groups in total. The third kappa shape index (κ3) is 8.74. The van der Waals surface area contributed by atoms with E-state index in [2.05, 4.69) is 15.2 Å². The molecule has 29 heavy (non-hydrogen) atoms. The van der Waals surface area contributed by atoms with Crippen LogP contribution in [0.5, 0.6) is 0 Å². The number of aliphatic imine (C=N–C) groups is 1. The molecule has 0 spiro atoms. The van der Waals surface area contributed by atoms with Gasteiger partial charge in [-0.1, -0.05) is 37.3 Å². The molecule has 1 aromatic rings. The lowest BCUT2D eigenvalue weighted by molar-refractivity contribution is -0.146. The van der Waals surface area contributed by atoms with Crippen LogP contribution in [0.25, 0.3) is 0 Å². The second-order valence-corrected chi connectivity index (χ2v) is 8.87. The van der Waals surface area contributed by atoms with Gasteiger partial charge in [0.15, 0.2) is 5.96 Å². The Morgan fingerprint density at radius 1 is 1.34 bits per heavy atom. The van der Waals surface area contributed by atoms with Crippen LogP contribution in [0, 0.1) is 5.92 Å². The van der Waals surface area contributed by atoms with Crippen molar-refractivity contribution in [2.24, 2.45) is 10.9 Å². The van der Waals surface area contributed by atoms with Crippen LogP contribution in [0.3, 0.4) is 0 Å². The van der Waals surface area contributed by atoms with Gasteiger partial charge in [0.1, 0.15) is 0 Å². The molecule has 1 fully saturated rings. The first-order valence-electron chi connectivity index (χ1n) is 9.94. The average Bonchev–Trinajstić information content (AvgIpc) is 3.12. The molecule has 1 saturated heterocycles. The van der Waals surface area contributed by atoms with E-state index in [4.69, 9.17) is 0 Å². The summed E-state index contributed by atoms with van der Waals surface area (Å²) in [5.74, 6) is 1.95. The SMILES string of the molecule is CCN(CC1CCN(C(=NC)NCCS(=O)Cc2ccccc2)C1)CC(F)(F)F. The maximum Gasteiger partial charge on any atom is 0.401 e. The molecule has 164 valence electrons. The Balaban J connectivity index is 1.74. The first kappa shape index (κ1) is 23.7. The van der Waals surface area contributed by atoms with E-state index in [1.54, 1.807) is 14.0 Å². The van der Waals surface area contributed by atoms with Gasteiger partial charge in [-0.2, -0.15) is 13.2 Å². The Hall–Kier alpha value is -1.61. The van der Waals surface area contributed by atoms with Gasteiger partial charge in [-0.25, -0.2) is 0 Å². The summed E-state index contributed by atoms with van der Waals surface area (Å²) in [6.45, 7) is 3.71. The van der Waals surface area contributed by atoms with E-state index >= 15 is 0 Å². The molecule has 0 aromatic heterocycles. The first-order valence-corrected chi connectivity index (χ1v) is 11.4. The van der Waals surface area contributed by atoms with E-state index < -0.39 is 23.5 Å². The van der Waals surface area contributed by atoms with Gasteiger partial charge in [-0.15, -0.1) is 0 Å². The Labute approximate surface area is 173 Å². The van der Waals surface area contributed by atoms with Crippen molar-refractivity contribution >= 4 is 16.8 Å². The van der Waals surface area contributed by atoms with Crippen LogP contribution in [-0.4, -0.2) is 78.2 Å². The van der Waals surface area contributed by atoms with E-state index in [-0.39, 0.29) is 5.92 Å². The summed E-state index contributed by atoms with van der Waals surface area (Å²) >= 11 is 0. The Morgan fingerprint density at radius 3 is 2.69 bits per heavy atom. The number of halogens is 3. The normalized spacial score (nSPS) is 19.0. The smallest absolute Gasteiger partial charge is 0.355 e. The topological polar surface area (TPSA) is 47.9 Å². The maximum absolute atomic E-state index is 12.7. The van der Waals surface area contributed by atoms with Crippen LogP contribution < -0.4 is 5.32 Å². The molecular formula is C20H31F3N4OS. The average molecular weight is 433 g/mol. The van der Waals surface area contributed by atoms with E-state index in [0.717, 1.165) is 24.5 Å². The number of hydrogen-bond donors (Lipinski definition) is 1. The number of benzene rings is 1. The number of likely N-dealkylation sites (tertiary alicyclic amines) is 1. The highest BCUT2D eigenvalue weighted by molar-refractivity contribution is 7.84. The zero-order valence-corrected chi connectivity index (χ0v) is 17.9. The lowest BCUT2D eigenvalue weighted by Gasteiger charge is -2.26. The van der Waals surface area contributed by atoms with Crippen molar-refractivity contribution in [1.29, 1.82) is 0 Å². The van der Waals surface area contributed by atoms with Crippen LogP contribution in [0.4, 0.5) is 13.2 Å². The predicted molar refractivity (Wildman–Crippen MR) is 112 cm³/mol. The molecule has 2 rings (SSSR count). The van der Waals surface area contributed by atoms with Crippen molar-refractivity contribution in [2.75, 3.05) is 52.1 Å². The van der Waals surface area contributed by atoms with Crippen LogP contribution in [0.15, 0.2) is 35.3 Å². The van der Waals surface area contributed by atoms with Crippen LogP contribution >= 0.6 is 0 Å². The molecule has 1 aromatic carbocycles. The van der Waals surface area contributed by atoms with E-state index in [0.29, 0.717) is 37.7 Å². The molecule has 0 radical (unpaired) electrons. The van der Waals surface area contributed by atoms with E-state index in [1.807, 2.05) is 30.3 Å². The van der Waals surface area contributed by atoms with Crippen molar-refractivity contribution in [3.63, 3.8) is 0 Å². The van der Waals surface area contributed by atoms with Gasteiger partial charge in [0.25, 0.3) is 0 Å². The highest BCUT2D eigenvalue weighted by atomic mass is 32.2. The van der Waals surface area contributed by atoms with Gasteiger partial charge in [-0.3, -0.25) is 14.1 Å². The molecule has 5 nitrogen and oxygen atoms in total. The molecule has 0 amide bonds. The van der Waals surface area contributed by atoms with Crippen LogP contribution in [0.2, 0.25) is 0 Å². The minimum Gasteiger partial charge on any atom is -0.355 e. The van der Waals surface area contributed by atoms with Crippen LogP contribution in [0.1, 0.15) is 18.9 Å². The quantitative estimate of drug-likeness (QED) is 0.482. The molecule has 2 atom stereocenters. The fourth-order valence-corrected chi connectivity index (χ4v) is 4.58. The molecule has 2 unspecified atom stereocenters. The van der Waals surface area contributed by atoms with Crippen molar-refractivity contribution in [2.45, 2.75) is 25.3 Å². The third-order valence-corrected chi connectivity index (χ3v) is 6.26. The van der Waals surface area contributed by atoms with E-state index in [1.165, 1.54) is 4.90 Å². The van der Waals surface area contributed by atoms with Crippen molar-refractivity contribution in [1.82, 2.24) is 15.1 Å². The standard InChI is InChI=1S/C20H31F3N4OS/c1-3-26(16-20(21,22)23)13-18-9-11-27(14-18)19(24-2)25-10-12-29(28)15-17-7-5-4-6-8-17/h4-8,18H,3,9-16H2,1-2H3,(H,24,25). The second kappa shape index (κ2) is 11.5. The van der Waals surface area contributed by atoms with Gasteiger partial charge in [0, 0.05) is 55.5 Å². The summed E-state index contributed by atoms with van der Waals surface area (Å²) in [6.07, 6.45) is -3.32. The monoisotopic (exact) mass is 432 g/mol. The minimum atomic E-state index is -4.17. The van der Waals surface area contributed by atoms with Gasteiger partial charge in [0.05, 0.1) is 6.54 Å². The van der Waals surface area contributed by atoms with Gasteiger partial charge < -0.3 is 10.2 Å². The molecule has 1 aliphatic heterocycles. The summed E-state index contributed by atoms with van der Waals surface area (Å²) < 4.78 is 50.2. The van der Waals surface area contributed by atoms with Crippen molar-refractivity contribution < 1.29 is 17.4 Å². The Kier molecular flexibility index (Phi) is 9.42. The minimum absolute atomic E-state index is 0.183. The van der Waals surface area contributed by atoms with Crippen molar-refractivity contribution in [3.8, 4) is 0 Å². The Morgan fingerprint density at radius 2 is 2.07 bits per heavy atom. The van der Waals surface area contributed by atoms with Gasteiger partial charge >= 0.3 is 6.18 Å². The van der Waals surface area contributed by atoms with Gasteiger partial charge in [0.2, 0.25) is 0 Å². The van der Waals surface area contributed by atoms with Gasteiger partial charge in [-0.05, 0) is 24.4 Å². The second-order valence-electron chi connectivity index (χ2n) is 7.29. The number of nitrogens with zero attached hydrogens (tertiary/aromatic N) is 3. The molecule has 1 aliphatic rings. The maximum atomic E-state index is 12.7. The molecular weight excluding hydrogens is 401 g/mol. The zero-order chi connectivity index (χ0) is 21.3. The molecule has 9 heteroatoms. The number of nitrogens with one attached hydrogen (secondary N) is 1. The highest BCUT2D eigenvalue weighted by Gasteiger charge is 2.32.